The Hall–Kier alpha value is -2.98. The summed E-state index contributed by atoms with van der Waals surface area (Å²) in [5.41, 5.74) is 2.11. The lowest BCUT2D eigenvalue weighted by Gasteiger charge is -2.23. The van der Waals surface area contributed by atoms with E-state index in [1.165, 1.54) is 11.3 Å². The third kappa shape index (κ3) is 3.62. The van der Waals surface area contributed by atoms with Crippen LogP contribution in [0.3, 0.4) is 0 Å². The van der Waals surface area contributed by atoms with Gasteiger partial charge in [-0.1, -0.05) is 18.2 Å². The van der Waals surface area contributed by atoms with E-state index in [-0.39, 0.29) is 11.8 Å². The van der Waals surface area contributed by atoms with Crippen LogP contribution in [-0.4, -0.2) is 20.7 Å². The summed E-state index contributed by atoms with van der Waals surface area (Å²) in [4.78, 5) is 14.4. The van der Waals surface area contributed by atoms with Gasteiger partial charge in [-0.3, -0.25) is 4.79 Å². The van der Waals surface area contributed by atoms with Crippen LogP contribution in [0.5, 0.6) is 0 Å². The van der Waals surface area contributed by atoms with Gasteiger partial charge >= 0.3 is 0 Å². The number of nitriles is 1. The largest absolute Gasteiger partial charge is 0.352 e. The molecule has 1 aliphatic heterocycles. The summed E-state index contributed by atoms with van der Waals surface area (Å²) in [5.74, 6) is 1.85. The molecule has 2 aromatic heterocycles. The van der Waals surface area contributed by atoms with Crippen molar-refractivity contribution in [1.82, 2.24) is 20.1 Å². The highest BCUT2D eigenvalue weighted by Gasteiger charge is 2.26. The lowest BCUT2D eigenvalue weighted by molar-refractivity contribution is -0.126. The van der Waals surface area contributed by atoms with Gasteiger partial charge in [0.15, 0.2) is 0 Å². The van der Waals surface area contributed by atoms with Crippen LogP contribution in [0.25, 0.3) is 10.4 Å². The molecular weight excluding hydrogens is 358 g/mol. The van der Waals surface area contributed by atoms with E-state index in [1.807, 2.05) is 41.8 Å². The number of aryl methyl sites for hydroxylation is 2. The molecule has 0 aliphatic carbocycles. The van der Waals surface area contributed by atoms with Crippen LogP contribution in [0.15, 0.2) is 36.4 Å². The predicted molar refractivity (Wildman–Crippen MR) is 103 cm³/mol. The third-order valence-electron chi connectivity index (χ3n) is 4.90. The van der Waals surface area contributed by atoms with Gasteiger partial charge in [-0.05, 0) is 42.7 Å². The van der Waals surface area contributed by atoms with Crippen molar-refractivity contribution in [2.75, 3.05) is 0 Å². The molecule has 0 radical (unpaired) electrons. The number of carbonyl (C=O) groups excluding carboxylic acids is 1. The van der Waals surface area contributed by atoms with E-state index in [0.717, 1.165) is 40.5 Å². The molecule has 27 heavy (non-hydrogen) atoms. The van der Waals surface area contributed by atoms with Gasteiger partial charge in [0.2, 0.25) is 5.91 Å². The number of fused-ring (bicyclic) bond motifs is 1. The van der Waals surface area contributed by atoms with E-state index in [1.54, 1.807) is 0 Å². The standard InChI is InChI=1S/C20H19N5OS/c1-13-23-24-19-8-5-16(12-25(13)19)20(26)22-11-14-3-2-4-15(9-14)18-7-6-17(10-21)27-18/h2-4,6-7,9,16H,5,8,11-12H2,1H3,(H,22,26)/t16-/m0/s1. The fourth-order valence-corrected chi connectivity index (χ4v) is 4.20. The molecule has 3 heterocycles. The van der Waals surface area contributed by atoms with Crippen molar-refractivity contribution >= 4 is 17.2 Å². The number of carbonyl (C=O) groups is 1. The van der Waals surface area contributed by atoms with Crippen molar-refractivity contribution in [1.29, 1.82) is 5.26 Å². The summed E-state index contributed by atoms with van der Waals surface area (Å²) >= 11 is 1.47. The van der Waals surface area contributed by atoms with Gasteiger partial charge in [0.1, 0.15) is 22.6 Å². The predicted octanol–water partition coefficient (Wildman–Crippen LogP) is 3.07. The zero-order chi connectivity index (χ0) is 18.8. The Morgan fingerprint density at radius 3 is 3.07 bits per heavy atom. The monoisotopic (exact) mass is 377 g/mol. The molecule has 1 atom stereocenters. The molecule has 1 N–H and O–H groups in total. The minimum atomic E-state index is -0.0501. The fourth-order valence-electron chi connectivity index (χ4n) is 3.40. The van der Waals surface area contributed by atoms with Gasteiger partial charge in [0, 0.05) is 24.4 Å². The zero-order valence-corrected chi connectivity index (χ0v) is 15.8. The molecule has 0 saturated carbocycles. The van der Waals surface area contributed by atoms with Crippen LogP contribution in [0.4, 0.5) is 0 Å². The van der Waals surface area contributed by atoms with Crippen molar-refractivity contribution in [3.05, 3.63) is 58.5 Å². The van der Waals surface area contributed by atoms with E-state index >= 15 is 0 Å². The molecule has 1 aliphatic rings. The average molecular weight is 377 g/mol. The van der Waals surface area contributed by atoms with Crippen molar-refractivity contribution < 1.29 is 4.79 Å². The highest BCUT2D eigenvalue weighted by Crippen LogP contribution is 2.28. The molecular formula is C20H19N5OS. The molecule has 136 valence electrons. The van der Waals surface area contributed by atoms with Crippen LogP contribution in [0, 0.1) is 24.2 Å². The Labute approximate surface area is 161 Å². The van der Waals surface area contributed by atoms with E-state index in [0.29, 0.717) is 18.0 Å². The number of aromatic nitrogens is 3. The summed E-state index contributed by atoms with van der Waals surface area (Å²) in [6.07, 6.45) is 1.59. The minimum Gasteiger partial charge on any atom is -0.352 e. The van der Waals surface area contributed by atoms with Gasteiger partial charge in [0.05, 0.1) is 5.92 Å². The van der Waals surface area contributed by atoms with Crippen LogP contribution >= 0.6 is 11.3 Å². The van der Waals surface area contributed by atoms with Crippen molar-refractivity contribution in [2.45, 2.75) is 32.9 Å². The first kappa shape index (κ1) is 17.4. The third-order valence-corrected chi connectivity index (χ3v) is 5.94. The molecule has 0 bridgehead atoms. The SMILES string of the molecule is Cc1nnc2n1C[C@@H](C(=O)NCc1cccc(-c3ccc(C#N)s3)c1)CC2. The van der Waals surface area contributed by atoms with Gasteiger partial charge < -0.3 is 9.88 Å². The number of amides is 1. The summed E-state index contributed by atoms with van der Waals surface area (Å²) in [5, 5.41) is 20.3. The zero-order valence-electron chi connectivity index (χ0n) is 15.0. The first-order valence-corrected chi connectivity index (χ1v) is 9.71. The Morgan fingerprint density at radius 2 is 2.26 bits per heavy atom. The van der Waals surface area contributed by atoms with Gasteiger partial charge in [-0.25, -0.2) is 0 Å². The Morgan fingerprint density at radius 1 is 1.37 bits per heavy atom. The molecule has 1 aromatic carbocycles. The number of benzene rings is 1. The number of rotatable bonds is 4. The van der Waals surface area contributed by atoms with Crippen LogP contribution in [0.1, 0.15) is 28.5 Å². The number of thiophene rings is 1. The summed E-state index contributed by atoms with van der Waals surface area (Å²) < 4.78 is 2.04. The van der Waals surface area contributed by atoms with E-state index < -0.39 is 0 Å². The van der Waals surface area contributed by atoms with Gasteiger partial charge in [-0.15, -0.1) is 21.5 Å². The maximum Gasteiger partial charge on any atom is 0.225 e. The second-order valence-electron chi connectivity index (χ2n) is 6.70. The normalized spacial score (nSPS) is 15.8. The average Bonchev–Trinajstić information content (AvgIpc) is 3.33. The molecule has 0 spiro atoms. The molecule has 0 fully saturated rings. The maximum atomic E-state index is 12.6. The summed E-state index contributed by atoms with van der Waals surface area (Å²) in [7, 11) is 0. The topological polar surface area (TPSA) is 83.6 Å². The molecule has 6 nitrogen and oxygen atoms in total. The molecule has 0 saturated heterocycles. The number of hydrogen-bond donors (Lipinski definition) is 1. The van der Waals surface area contributed by atoms with Crippen molar-refractivity contribution in [2.24, 2.45) is 5.92 Å². The first-order chi connectivity index (χ1) is 13.1. The Kier molecular flexibility index (Phi) is 4.73. The number of nitrogens with zero attached hydrogens (tertiary/aromatic N) is 4. The minimum absolute atomic E-state index is 0.0501. The van der Waals surface area contributed by atoms with Crippen molar-refractivity contribution in [3.63, 3.8) is 0 Å². The number of nitrogens with one attached hydrogen (secondary N) is 1. The van der Waals surface area contributed by atoms with Crippen molar-refractivity contribution in [3.8, 4) is 16.5 Å². The Balaban J connectivity index is 1.40. The van der Waals surface area contributed by atoms with E-state index in [9.17, 15) is 4.79 Å². The fraction of sp³-hybridized carbons (Fsp3) is 0.300. The van der Waals surface area contributed by atoms with Crippen LogP contribution < -0.4 is 5.32 Å². The summed E-state index contributed by atoms with van der Waals surface area (Å²) in [6, 6.07) is 14.0. The van der Waals surface area contributed by atoms with Crippen LogP contribution in [-0.2, 0) is 24.3 Å². The van der Waals surface area contributed by atoms with Gasteiger partial charge in [-0.2, -0.15) is 5.26 Å². The molecule has 7 heteroatoms. The second-order valence-corrected chi connectivity index (χ2v) is 7.79. The second kappa shape index (κ2) is 7.33. The Bertz CT molecular complexity index is 1030. The molecule has 4 rings (SSSR count). The molecule has 0 unspecified atom stereocenters. The smallest absolute Gasteiger partial charge is 0.225 e. The van der Waals surface area contributed by atoms with E-state index in [2.05, 4.69) is 27.6 Å². The maximum absolute atomic E-state index is 12.6. The molecule has 3 aromatic rings. The lowest BCUT2D eigenvalue weighted by atomic mass is 9.98. The molecule has 1 amide bonds. The highest BCUT2D eigenvalue weighted by molar-refractivity contribution is 7.16. The highest BCUT2D eigenvalue weighted by atomic mass is 32.1. The quantitative estimate of drug-likeness (QED) is 0.757. The number of hydrogen-bond acceptors (Lipinski definition) is 5. The summed E-state index contributed by atoms with van der Waals surface area (Å²) in [6.45, 7) is 3.06. The van der Waals surface area contributed by atoms with Gasteiger partial charge in [0.25, 0.3) is 0 Å². The lowest BCUT2D eigenvalue weighted by Crippen LogP contribution is -2.36. The first-order valence-electron chi connectivity index (χ1n) is 8.89. The van der Waals surface area contributed by atoms with Crippen LogP contribution in [0.2, 0.25) is 0 Å². The van der Waals surface area contributed by atoms with E-state index in [4.69, 9.17) is 5.26 Å².